The van der Waals surface area contributed by atoms with Gasteiger partial charge in [0.25, 0.3) is 0 Å². The summed E-state index contributed by atoms with van der Waals surface area (Å²) in [6.07, 6.45) is 0.992. The Bertz CT molecular complexity index is 758. The molecule has 0 atom stereocenters. The van der Waals surface area contributed by atoms with E-state index in [2.05, 4.69) is 5.10 Å². The second-order valence-corrected chi connectivity index (χ2v) is 6.15. The highest BCUT2D eigenvalue weighted by atomic mass is 16.6. The molecule has 0 aliphatic carbocycles. The van der Waals surface area contributed by atoms with Gasteiger partial charge in [0.2, 0.25) is 5.91 Å². The van der Waals surface area contributed by atoms with E-state index in [9.17, 15) is 14.9 Å². The lowest BCUT2D eigenvalue weighted by Gasteiger charge is -2.22. The van der Waals surface area contributed by atoms with Crippen molar-refractivity contribution in [3.63, 3.8) is 0 Å². The highest BCUT2D eigenvalue weighted by Crippen LogP contribution is 2.21. The van der Waals surface area contributed by atoms with Crippen molar-refractivity contribution in [3.05, 3.63) is 57.4 Å². The Morgan fingerprint density at radius 3 is 2.54 bits per heavy atom. The van der Waals surface area contributed by atoms with Crippen LogP contribution in [-0.2, 0) is 17.8 Å². The molecule has 2 aromatic rings. The number of aryl methyl sites for hydroxylation is 2. The van der Waals surface area contributed by atoms with E-state index in [1.807, 2.05) is 30.3 Å². The van der Waals surface area contributed by atoms with E-state index in [4.69, 9.17) is 5.73 Å². The fourth-order valence-corrected chi connectivity index (χ4v) is 2.95. The number of aromatic nitrogens is 2. The van der Waals surface area contributed by atoms with Gasteiger partial charge in [-0.15, -0.1) is 0 Å². The largest absolute Gasteiger partial charge is 0.341 e. The third kappa shape index (κ3) is 4.89. The van der Waals surface area contributed by atoms with Gasteiger partial charge in [-0.05, 0) is 25.8 Å². The van der Waals surface area contributed by atoms with Crippen molar-refractivity contribution < 1.29 is 9.72 Å². The predicted octanol–water partition coefficient (Wildman–Crippen LogP) is 1.83. The number of hydrogen-bond donors (Lipinski definition) is 1. The second-order valence-electron chi connectivity index (χ2n) is 6.15. The molecule has 0 saturated heterocycles. The molecule has 26 heavy (non-hydrogen) atoms. The number of hydrogen-bond acceptors (Lipinski definition) is 5. The molecule has 1 aromatic carbocycles. The van der Waals surface area contributed by atoms with Gasteiger partial charge in [-0.2, -0.15) is 5.10 Å². The highest BCUT2D eigenvalue weighted by molar-refractivity contribution is 5.76. The van der Waals surface area contributed by atoms with Crippen molar-refractivity contribution >= 4 is 11.6 Å². The van der Waals surface area contributed by atoms with E-state index in [0.29, 0.717) is 37.6 Å². The molecule has 0 radical (unpaired) electrons. The summed E-state index contributed by atoms with van der Waals surface area (Å²) in [6, 6.07) is 9.96. The molecule has 0 saturated carbocycles. The molecule has 0 unspecified atom stereocenters. The third-order valence-corrected chi connectivity index (χ3v) is 4.33. The van der Waals surface area contributed by atoms with Crippen molar-refractivity contribution in [1.82, 2.24) is 14.7 Å². The van der Waals surface area contributed by atoms with Crippen molar-refractivity contribution in [2.24, 2.45) is 5.73 Å². The van der Waals surface area contributed by atoms with Gasteiger partial charge in [-0.25, -0.2) is 0 Å². The lowest BCUT2D eigenvalue weighted by atomic mass is 10.1. The molecule has 0 spiro atoms. The highest BCUT2D eigenvalue weighted by Gasteiger charge is 2.22. The number of amides is 1. The van der Waals surface area contributed by atoms with Crippen LogP contribution in [0.5, 0.6) is 0 Å². The van der Waals surface area contributed by atoms with Gasteiger partial charge in [0.1, 0.15) is 11.4 Å². The van der Waals surface area contributed by atoms with Gasteiger partial charge >= 0.3 is 5.69 Å². The quantitative estimate of drug-likeness (QED) is 0.543. The average molecular weight is 359 g/mol. The summed E-state index contributed by atoms with van der Waals surface area (Å²) >= 11 is 0. The van der Waals surface area contributed by atoms with Crippen LogP contribution in [0.3, 0.4) is 0 Å². The molecule has 1 amide bonds. The molecular formula is C18H25N5O3. The van der Waals surface area contributed by atoms with Crippen molar-refractivity contribution in [1.29, 1.82) is 0 Å². The standard InChI is InChI=1S/C18H25N5O3/c1-14-18(23(25)26)15(2)22(20-14)12-9-17(24)21(13-10-19)11-8-16-6-4-3-5-7-16/h3-7H,8-13,19H2,1-2H3. The van der Waals surface area contributed by atoms with E-state index < -0.39 is 4.92 Å². The minimum absolute atomic E-state index is 0.0142. The Kier molecular flexibility index (Phi) is 6.85. The molecule has 2 rings (SSSR count). The van der Waals surface area contributed by atoms with Crippen LogP contribution in [0.1, 0.15) is 23.4 Å². The molecule has 0 fully saturated rings. The van der Waals surface area contributed by atoms with Crippen LogP contribution in [-0.4, -0.2) is 45.1 Å². The minimum Gasteiger partial charge on any atom is -0.341 e. The number of carbonyl (C=O) groups excluding carboxylic acids is 1. The average Bonchev–Trinajstić information content (AvgIpc) is 2.91. The lowest BCUT2D eigenvalue weighted by molar-refractivity contribution is -0.386. The molecule has 2 N–H and O–H groups in total. The van der Waals surface area contributed by atoms with Crippen LogP contribution in [0.4, 0.5) is 5.69 Å². The van der Waals surface area contributed by atoms with E-state index in [-0.39, 0.29) is 18.0 Å². The fourth-order valence-electron chi connectivity index (χ4n) is 2.95. The number of carbonyl (C=O) groups is 1. The molecule has 8 heteroatoms. The molecule has 140 valence electrons. The van der Waals surface area contributed by atoms with E-state index in [1.54, 1.807) is 18.7 Å². The van der Waals surface area contributed by atoms with Crippen LogP contribution >= 0.6 is 0 Å². The SMILES string of the molecule is Cc1nn(CCC(=O)N(CCN)CCc2ccccc2)c(C)c1[N+](=O)[O-]. The summed E-state index contributed by atoms with van der Waals surface area (Å²) in [7, 11) is 0. The smallest absolute Gasteiger partial charge is 0.312 e. The second kappa shape index (κ2) is 9.10. The van der Waals surface area contributed by atoms with Crippen LogP contribution < -0.4 is 5.73 Å². The predicted molar refractivity (Wildman–Crippen MR) is 98.8 cm³/mol. The maximum absolute atomic E-state index is 12.6. The lowest BCUT2D eigenvalue weighted by Crippen LogP contribution is -2.37. The first-order chi connectivity index (χ1) is 12.4. The number of nitrogens with zero attached hydrogens (tertiary/aromatic N) is 4. The van der Waals surface area contributed by atoms with E-state index in [0.717, 1.165) is 12.0 Å². The minimum atomic E-state index is -0.434. The van der Waals surface area contributed by atoms with E-state index in [1.165, 1.54) is 4.68 Å². The van der Waals surface area contributed by atoms with Gasteiger partial charge < -0.3 is 10.6 Å². The van der Waals surface area contributed by atoms with Crippen LogP contribution in [0.25, 0.3) is 0 Å². The van der Waals surface area contributed by atoms with Crippen molar-refractivity contribution in [2.45, 2.75) is 33.2 Å². The zero-order valence-electron chi connectivity index (χ0n) is 15.2. The summed E-state index contributed by atoms with van der Waals surface area (Å²) in [4.78, 5) is 24.9. The van der Waals surface area contributed by atoms with Gasteiger partial charge in [-0.1, -0.05) is 30.3 Å². The van der Waals surface area contributed by atoms with Gasteiger partial charge in [-0.3, -0.25) is 19.6 Å². The maximum Gasteiger partial charge on any atom is 0.312 e. The first-order valence-corrected chi connectivity index (χ1v) is 8.64. The zero-order valence-corrected chi connectivity index (χ0v) is 15.2. The van der Waals surface area contributed by atoms with Crippen LogP contribution in [0, 0.1) is 24.0 Å². The Balaban J connectivity index is 1.97. The van der Waals surface area contributed by atoms with Crippen molar-refractivity contribution in [3.8, 4) is 0 Å². The number of nitrogens with two attached hydrogens (primary N) is 1. The Hall–Kier alpha value is -2.74. The van der Waals surface area contributed by atoms with Gasteiger partial charge in [0.05, 0.1) is 11.5 Å². The summed E-state index contributed by atoms with van der Waals surface area (Å²) in [5.41, 5.74) is 7.65. The Labute approximate surface area is 152 Å². The molecule has 0 aliphatic rings. The van der Waals surface area contributed by atoms with Crippen molar-refractivity contribution in [2.75, 3.05) is 19.6 Å². The van der Waals surface area contributed by atoms with Crippen LogP contribution in [0.15, 0.2) is 30.3 Å². The zero-order chi connectivity index (χ0) is 19.1. The van der Waals surface area contributed by atoms with Crippen LogP contribution in [0.2, 0.25) is 0 Å². The Morgan fingerprint density at radius 1 is 1.27 bits per heavy atom. The molecule has 0 bridgehead atoms. The number of benzene rings is 1. The molecular weight excluding hydrogens is 334 g/mol. The summed E-state index contributed by atoms with van der Waals surface area (Å²) in [5.74, 6) is -0.0263. The molecule has 1 heterocycles. The molecule has 0 aliphatic heterocycles. The topological polar surface area (TPSA) is 107 Å². The normalized spacial score (nSPS) is 10.7. The third-order valence-electron chi connectivity index (χ3n) is 4.33. The molecule has 1 aromatic heterocycles. The number of nitro groups is 1. The maximum atomic E-state index is 12.6. The first kappa shape index (κ1) is 19.6. The monoisotopic (exact) mass is 359 g/mol. The van der Waals surface area contributed by atoms with E-state index >= 15 is 0 Å². The van der Waals surface area contributed by atoms with Gasteiger partial charge in [0, 0.05) is 26.1 Å². The number of rotatable bonds is 9. The first-order valence-electron chi connectivity index (χ1n) is 8.64. The summed E-state index contributed by atoms with van der Waals surface area (Å²) in [6.45, 7) is 5.04. The fraction of sp³-hybridized carbons (Fsp3) is 0.444. The summed E-state index contributed by atoms with van der Waals surface area (Å²) in [5, 5.41) is 15.3. The Morgan fingerprint density at radius 2 is 1.96 bits per heavy atom. The van der Waals surface area contributed by atoms with Gasteiger partial charge in [0.15, 0.2) is 0 Å². The summed E-state index contributed by atoms with van der Waals surface area (Å²) < 4.78 is 1.53. The molecule has 8 nitrogen and oxygen atoms in total.